The first-order valence-corrected chi connectivity index (χ1v) is 8.84. The molecule has 3 aromatic rings. The summed E-state index contributed by atoms with van der Waals surface area (Å²) < 4.78 is 6.37. The molecule has 0 aliphatic carbocycles. The minimum absolute atomic E-state index is 0.0870. The van der Waals surface area contributed by atoms with Crippen LogP contribution >= 0.6 is 11.8 Å². The summed E-state index contributed by atoms with van der Waals surface area (Å²) in [4.78, 5) is 31.5. The topological polar surface area (TPSA) is 112 Å². The number of amides is 1. The van der Waals surface area contributed by atoms with Crippen LogP contribution in [-0.4, -0.2) is 55.7 Å². The Kier molecular flexibility index (Phi) is 5.74. The highest BCUT2D eigenvalue weighted by Crippen LogP contribution is 2.23. The third kappa shape index (κ3) is 4.14. The maximum absolute atomic E-state index is 11.9. The van der Waals surface area contributed by atoms with Crippen LogP contribution < -0.4 is 5.32 Å². The van der Waals surface area contributed by atoms with Crippen LogP contribution in [0.5, 0.6) is 0 Å². The number of para-hydroxylation sites is 1. The standard InChI is InChI=1S/C16H16N6O3S/c1-2-25-13(24)8-17-12(23)9-26-16-14-15(18-10-19-16)22(21-20-14)11-6-4-3-5-7-11/h3-7,10H,2,8-9H2,1H3,(H,17,23). The van der Waals surface area contributed by atoms with Crippen LogP contribution in [0.25, 0.3) is 16.9 Å². The largest absolute Gasteiger partial charge is 0.465 e. The van der Waals surface area contributed by atoms with Crippen LogP contribution in [0.1, 0.15) is 6.92 Å². The molecule has 0 bridgehead atoms. The summed E-state index contributed by atoms with van der Waals surface area (Å²) in [5.74, 6) is -0.685. The molecule has 0 unspecified atom stereocenters. The highest BCUT2D eigenvalue weighted by atomic mass is 32.2. The minimum atomic E-state index is -0.471. The van der Waals surface area contributed by atoms with Crippen LogP contribution in [0.2, 0.25) is 0 Å². The Labute approximate surface area is 153 Å². The Morgan fingerprint density at radius 1 is 1.23 bits per heavy atom. The molecule has 0 spiro atoms. The van der Waals surface area contributed by atoms with E-state index in [4.69, 9.17) is 4.74 Å². The van der Waals surface area contributed by atoms with Gasteiger partial charge in [-0.15, -0.1) is 5.10 Å². The van der Waals surface area contributed by atoms with E-state index in [1.807, 2.05) is 30.3 Å². The van der Waals surface area contributed by atoms with E-state index in [9.17, 15) is 9.59 Å². The highest BCUT2D eigenvalue weighted by molar-refractivity contribution is 8.00. The van der Waals surface area contributed by atoms with Gasteiger partial charge in [-0.3, -0.25) is 9.59 Å². The van der Waals surface area contributed by atoms with Crippen molar-refractivity contribution in [3.05, 3.63) is 36.7 Å². The predicted molar refractivity (Wildman–Crippen MR) is 94.8 cm³/mol. The number of nitrogens with zero attached hydrogens (tertiary/aromatic N) is 5. The van der Waals surface area contributed by atoms with Crippen molar-refractivity contribution < 1.29 is 14.3 Å². The van der Waals surface area contributed by atoms with Crippen molar-refractivity contribution in [1.82, 2.24) is 30.3 Å². The lowest BCUT2D eigenvalue weighted by atomic mass is 10.3. The Bertz CT molecular complexity index is 915. The first-order chi connectivity index (χ1) is 12.7. The number of benzene rings is 1. The van der Waals surface area contributed by atoms with Gasteiger partial charge in [0.15, 0.2) is 11.2 Å². The zero-order chi connectivity index (χ0) is 18.4. The maximum atomic E-state index is 11.9. The van der Waals surface area contributed by atoms with Crippen LogP contribution in [0.4, 0.5) is 0 Å². The molecule has 1 amide bonds. The molecule has 2 aromatic heterocycles. The molecule has 3 rings (SSSR count). The first kappa shape index (κ1) is 17.8. The van der Waals surface area contributed by atoms with Gasteiger partial charge >= 0.3 is 5.97 Å². The number of hydrogen-bond acceptors (Lipinski definition) is 8. The SMILES string of the molecule is CCOC(=O)CNC(=O)CSc1ncnc2c1nnn2-c1ccccc1. The average Bonchev–Trinajstić information content (AvgIpc) is 3.10. The number of rotatable bonds is 7. The summed E-state index contributed by atoms with van der Waals surface area (Å²) in [6, 6.07) is 9.49. The normalized spacial score (nSPS) is 10.7. The van der Waals surface area contributed by atoms with Gasteiger partial charge < -0.3 is 10.1 Å². The third-order valence-electron chi connectivity index (χ3n) is 3.28. The van der Waals surface area contributed by atoms with Gasteiger partial charge in [-0.25, -0.2) is 9.97 Å². The van der Waals surface area contributed by atoms with Gasteiger partial charge in [-0.1, -0.05) is 35.2 Å². The molecular weight excluding hydrogens is 356 g/mol. The molecule has 1 N–H and O–H groups in total. The van der Waals surface area contributed by atoms with Crippen LogP contribution in [-0.2, 0) is 14.3 Å². The van der Waals surface area contributed by atoms with E-state index in [0.717, 1.165) is 5.69 Å². The summed E-state index contributed by atoms with van der Waals surface area (Å²) in [5, 5.41) is 11.3. The Balaban J connectivity index is 1.69. The van der Waals surface area contributed by atoms with Crippen molar-refractivity contribution in [1.29, 1.82) is 0 Å². The van der Waals surface area contributed by atoms with Crippen molar-refractivity contribution in [3.8, 4) is 5.69 Å². The second-order valence-corrected chi connectivity index (χ2v) is 6.02. The number of esters is 1. The summed E-state index contributed by atoms with van der Waals surface area (Å²) in [6.45, 7) is 1.83. The second kappa shape index (κ2) is 8.39. The summed E-state index contributed by atoms with van der Waals surface area (Å²) in [6.07, 6.45) is 1.41. The molecule has 0 saturated carbocycles. The quantitative estimate of drug-likeness (QED) is 0.371. The van der Waals surface area contributed by atoms with Gasteiger partial charge in [0.2, 0.25) is 5.91 Å². The Morgan fingerprint density at radius 2 is 2.04 bits per heavy atom. The van der Waals surface area contributed by atoms with Crippen molar-refractivity contribution >= 4 is 34.8 Å². The van der Waals surface area contributed by atoms with E-state index >= 15 is 0 Å². The number of carbonyl (C=O) groups excluding carboxylic acids is 2. The average molecular weight is 372 g/mol. The van der Waals surface area contributed by atoms with Crippen molar-refractivity contribution in [2.75, 3.05) is 18.9 Å². The fraction of sp³-hybridized carbons (Fsp3) is 0.250. The van der Waals surface area contributed by atoms with Crippen LogP contribution in [0.15, 0.2) is 41.7 Å². The predicted octanol–water partition coefficient (Wildman–Crippen LogP) is 0.982. The smallest absolute Gasteiger partial charge is 0.325 e. The third-order valence-corrected chi connectivity index (χ3v) is 4.26. The molecule has 10 heteroatoms. The Morgan fingerprint density at radius 3 is 2.81 bits per heavy atom. The van der Waals surface area contributed by atoms with E-state index in [2.05, 4.69) is 25.6 Å². The lowest BCUT2D eigenvalue weighted by Crippen LogP contribution is -2.31. The molecule has 134 valence electrons. The van der Waals surface area contributed by atoms with E-state index in [0.29, 0.717) is 16.2 Å². The minimum Gasteiger partial charge on any atom is -0.465 e. The van der Waals surface area contributed by atoms with Gasteiger partial charge in [0.1, 0.15) is 17.9 Å². The molecule has 0 atom stereocenters. The van der Waals surface area contributed by atoms with E-state index in [-0.39, 0.29) is 24.8 Å². The molecular formula is C16H16N6O3S. The molecule has 0 radical (unpaired) electrons. The molecule has 1 aromatic carbocycles. The lowest BCUT2D eigenvalue weighted by molar-refractivity contribution is -0.143. The molecule has 26 heavy (non-hydrogen) atoms. The summed E-state index contributed by atoms with van der Waals surface area (Å²) in [5.41, 5.74) is 1.90. The molecule has 0 aliphatic heterocycles. The second-order valence-electron chi connectivity index (χ2n) is 5.06. The Hall–Kier alpha value is -3.01. The van der Waals surface area contributed by atoms with Gasteiger partial charge in [-0.05, 0) is 19.1 Å². The summed E-state index contributed by atoms with van der Waals surface area (Å²) in [7, 11) is 0. The van der Waals surface area contributed by atoms with Crippen molar-refractivity contribution in [2.45, 2.75) is 11.9 Å². The van der Waals surface area contributed by atoms with Gasteiger partial charge in [0, 0.05) is 0 Å². The maximum Gasteiger partial charge on any atom is 0.325 e. The van der Waals surface area contributed by atoms with Crippen LogP contribution in [0.3, 0.4) is 0 Å². The molecule has 0 aliphatic rings. The number of aromatic nitrogens is 5. The number of thioether (sulfide) groups is 1. The highest BCUT2D eigenvalue weighted by Gasteiger charge is 2.15. The van der Waals surface area contributed by atoms with E-state index < -0.39 is 5.97 Å². The number of carbonyl (C=O) groups is 2. The van der Waals surface area contributed by atoms with Crippen molar-refractivity contribution in [2.24, 2.45) is 0 Å². The zero-order valence-electron chi connectivity index (χ0n) is 14.0. The number of hydrogen-bond donors (Lipinski definition) is 1. The van der Waals surface area contributed by atoms with Crippen molar-refractivity contribution in [3.63, 3.8) is 0 Å². The molecule has 0 saturated heterocycles. The fourth-order valence-corrected chi connectivity index (χ4v) is 2.91. The number of ether oxygens (including phenoxy) is 1. The lowest BCUT2D eigenvalue weighted by Gasteiger charge is -2.05. The fourth-order valence-electron chi connectivity index (χ4n) is 2.14. The zero-order valence-corrected chi connectivity index (χ0v) is 14.8. The van der Waals surface area contributed by atoms with Crippen LogP contribution in [0, 0.1) is 0 Å². The van der Waals surface area contributed by atoms with E-state index in [1.165, 1.54) is 18.1 Å². The van der Waals surface area contributed by atoms with Gasteiger partial charge in [-0.2, -0.15) is 4.68 Å². The molecule has 9 nitrogen and oxygen atoms in total. The van der Waals surface area contributed by atoms with Gasteiger partial charge in [0.25, 0.3) is 0 Å². The molecule has 2 heterocycles. The number of fused-ring (bicyclic) bond motifs is 1. The molecule has 0 fully saturated rings. The van der Waals surface area contributed by atoms with Gasteiger partial charge in [0.05, 0.1) is 18.0 Å². The monoisotopic (exact) mass is 372 g/mol. The number of nitrogens with one attached hydrogen (secondary N) is 1. The van der Waals surface area contributed by atoms with E-state index in [1.54, 1.807) is 11.6 Å². The first-order valence-electron chi connectivity index (χ1n) is 7.86. The summed E-state index contributed by atoms with van der Waals surface area (Å²) >= 11 is 1.20.